The minimum atomic E-state index is -3.35. The van der Waals surface area contributed by atoms with Crippen molar-refractivity contribution in [1.29, 1.82) is 0 Å². The van der Waals surface area contributed by atoms with Crippen LogP contribution in [0.2, 0.25) is 0 Å². The van der Waals surface area contributed by atoms with Gasteiger partial charge in [-0.1, -0.05) is 6.92 Å². The van der Waals surface area contributed by atoms with Gasteiger partial charge in [0.15, 0.2) is 0 Å². The van der Waals surface area contributed by atoms with Crippen LogP contribution in [0.3, 0.4) is 0 Å². The summed E-state index contributed by atoms with van der Waals surface area (Å²) in [6, 6.07) is 1.58. The molecule has 0 saturated carbocycles. The summed E-state index contributed by atoms with van der Waals surface area (Å²) >= 11 is 1.20. The van der Waals surface area contributed by atoms with Gasteiger partial charge in [-0.25, -0.2) is 13.1 Å². The van der Waals surface area contributed by atoms with Crippen molar-refractivity contribution in [3.63, 3.8) is 0 Å². The zero-order chi connectivity index (χ0) is 11.5. The van der Waals surface area contributed by atoms with Crippen LogP contribution in [-0.4, -0.2) is 14.5 Å². The largest absolute Gasteiger partial charge is 0.326 e. The maximum atomic E-state index is 11.8. The molecule has 0 saturated heterocycles. The van der Waals surface area contributed by atoms with Gasteiger partial charge in [0.25, 0.3) is 0 Å². The standard InChI is InChI=1S/C9H16N2O2S2/c1-3-7(2)11-15(12,13)9-4-8(5-10)6-14-9/h4,6-7,11H,3,5,10H2,1-2H3. The van der Waals surface area contributed by atoms with Crippen LogP contribution in [0.25, 0.3) is 0 Å². The van der Waals surface area contributed by atoms with Crippen molar-refractivity contribution in [3.8, 4) is 0 Å². The molecule has 3 N–H and O–H groups in total. The lowest BCUT2D eigenvalue weighted by molar-refractivity contribution is 0.557. The van der Waals surface area contributed by atoms with E-state index in [1.807, 2.05) is 13.8 Å². The van der Waals surface area contributed by atoms with Gasteiger partial charge in [0.05, 0.1) is 0 Å². The minimum Gasteiger partial charge on any atom is -0.326 e. The number of nitrogens with one attached hydrogen (secondary N) is 1. The Morgan fingerprint density at radius 2 is 2.27 bits per heavy atom. The summed E-state index contributed by atoms with van der Waals surface area (Å²) in [7, 11) is -3.35. The molecule has 0 amide bonds. The first-order valence-corrected chi connectivity index (χ1v) is 7.15. The fraction of sp³-hybridized carbons (Fsp3) is 0.556. The summed E-state index contributed by atoms with van der Waals surface area (Å²) in [5.74, 6) is 0. The normalized spacial score (nSPS) is 14.1. The Kier molecular flexibility index (Phi) is 4.27. The first-order valence-electron chi connectivity index (χ1n) is 4.79. The monoisotopic (exact) mass is 248 g/mol. The molecule has 86 valence electrons. The molecule has 1 aromatic heterocycles. The van der Waals surface area contributed by atoms with Crippen LogP contribution in [-0.2, 0) is 16.6 Å². The molecule has 0 spiro atoms. The first-order chi connectivity index (χ1) is 6.99. The third-order valence-electron chi connectivity index (χ3n) is 2.10. The second-order valence-corrected chi connectivity index (χ2v) is 6.26. The zero-order valence-corrected chi connectivity index (χ0v) is 10.5. The smallest absolute Gasteiger partial charge is 0.250 e. The molecule has 15 heavy (non-hydrogen) atoms. The van der Waals surface area contributed by atoms with Crippen LogP contribution in [0, 0.1) is 0 Å². The molecule has 6 heteroatoms. The molecule has 1 aromatic rings. The van der Waals surface area contributed by atoms with Gasteiger partial charge in [0.2, 0.25) is 10.0 Å². The molecular weight excluding hydrogens is 232 g/mol. The maximum Gasteiger partial charge on any atom is 0.250 e. The van der Waals surface area contributed by atoms with E-state index >= 15 is 0 Å². The van der Waals surface area contributed by atoms with Crippen LogP contribution >= 0.6 is 11.3 Å². The molecule has 0 aliphatic carbocycles. The van der Waals surface area contributed by atoms with Crippen molar-refractivity contribution in [3.05, 3.63) is 17.0 Å². The van der Waals surface area contributed by atoms with Crippen LogP contribution in [0.5, 0.6) is 0 Å². The molecule has 0 aromatic carbocycles. The molecule has 0 bridgehead atoms. The van der Waals surface area contributed by atoms with Gasteiger partial charge in [0.1, 0.15) is 4.21 Å². The van der Waals surface area contributed by atoms with Crippen LogP contribution in [0.15, 0.2) is 15.7 Å². The van der Waals surface area contributed by atoms with Crippen LogP contribution < -0.4 is 10.5 Å². The average molecular weight is 248 g/mol. The zero-order valence-electron chi connectivity index (χ0n) is 8.86. The number of hydrogen-bond acceptors (Lipinski definition) is 4. The first kappa shape index (κ1) is 12.6. The summed E-state index contributed by atoms with van der Waals surface area (Å²) in [4.78, 5) is 0. The van der Waals surface area contributed by atoms with Gasteiger partial charge in [-0.15, -0.1) is 11.3 Å². The molecule has 0 radical (unpaired) electrons. The number of hydrogen-bond donors (Lipinski definition) is 2. The third-order valence-corrected chi connectivity index (χ3v) is 5.18. The highest BCUT2D eigenvalue weighted by atomic mass is 32.2. The third kappa shape index (κ3) is 3.27. The fourth-order valence-corrected chi connectivity index (χ4v) is 3.57. The SMILES string of the molecule is CCC(C)NS(=O)(=O)c1cc(CN)cs1. The van der Waals surface area contributed by atoms with Crippen LogP contribution in [0.4, 0.5) is 0 Å². The van der Waals surface area contributed by atoms with Crippen molar-refractivity contribution in [2.75, 3.05) is 0 Å². The second kappa shape index (κ2) is 5.07. The molecule has 1 unspecified atom stereocenters. The lowest BCUT2D eigenvalue weighted by Gasteiger charge is -2.10. The van der Waals surface area contributed by atoms with Gasteiger partial charge in [-0.05, 0) is 30.4 Å². The Morgan fingerprint density at radius 1 is 1.60 bits per heavy atom. The summed E-state index contributed by atoms with van der Waals surface area (Å²) in [6.07, 6.45) is 0.772. The van der Waals surface area contributed by atoms with E-state index in [9.17, 15) is 8.42 Å². The van der Waals surface area contributed by atoms with Crippen LogP contribution in [0.1, 0.15) is 25.8 Å². The molecule has 0 fully saturated rings. The number of sulfonamides is 1. The lowest BCUT2D eigenvalue weighted by atomic mass is 10.3. The van der Waals surface area contributed by atoms with E-state index in [0.717, 1.165) is 12.0 Å². The molecule has 1 rings (SSSR count). The highest BCUT2D eigenvalue weighted by Crippen LogP contribution is 2.20. The van der Waals surface area contributed by atoms with E-state index in [0.29, 0.717) is 10.8 Å². The molecule has 1 heterocycles. The predicted molar refractivity (Wildman–Crippen MR) is 62.3 cm³/mol. The highest BCUT2D eigenvalue weighted by molar-refractivity contribution is 7.91. The molecule has 0 aliphatic rings. The van der Waals surface area contributed by atoms with E-state index in [4.69, 9.17) is 5.73 Å². The van der Waals surface area contributed by atoms with Gasteiger partial charge >= 0.3 is 0 Å². The number of nitrogens with two attached hydrogens (primary N) is 1. The van der Waals surface area contributed by atoms with Crippen molar-refractivity contribution in [2.24, 2.45) is 5.73 Å². The fourth-order valence-electron chi connectivity index (χ4n) is 1.01. The van der Waals surface area contributed by atoms with Crippen molar-refractivity contribution in [1.82, 2.24) is 4.72 Å². The van der Waals surface area contributed by atoms with Gasteiger partial charge in [-0.3, -0.25) is 0 Å². The van der Waals surface area contributed by atoms with Crippen molar-refractivity contribution in [2.45, 2.75) is 37.1 Å². The Balaban J connectivity index is 2.86. The van der Waals surface area contributed by atoms with Crippen molar-refractivity contribution >= 4 is 21.4 Å². The van der Waals surface area contributed by atoms with Gasteiger partial charge in [0, 0.05) is 12.6 Å². The second-order valence-electron chi connectivity index (χ2n) is 3.41. The average Bonchev–Trinajstić information content (AvgIpc) is 2.65. The number of thiophene rings is 1. The Morgan fingerprint density at radius 3 is 2.73 bits per heavy atom. The van der Waals surface area contributed by atoms with Gasteiger partial charge in [-0.2, -0.15) is 0 Å². The van der Waals surface area contributed by atoms with E-state index in [1.165, 1.54) is 11.3 Å². The summed E-state index contributed by atoms with van der Waals surface area (Å²) in [6.45, 7) is 4.15. The van der Waals surface area contributed by atoms with E-state index in [-0.39, 0.29) is 6.04 Å². The molecule has 4 nitrogen and oxygen atoms in total. The van der Waals surface area contributed by atoms with E-state index in [2.05, 4.69) is 4.72 Å². The lowest BCUT2D eigenvalue weighted by Crippen LogP contribution is -2.31. The van der Waals surface area contributed by atoms with E-state index < -0.39 is 10.0 Å². The molecule has 0 aliphatic heterocycles. The Hall–Kier alpha value is -0.430. The quantitative estimate of drug-likeness (QED) is 0.824. The summed E-state index contributed by atoms with van der Waals surface area (Å²) in [5, 5.41) is 1.77. The van der Waals surface area contributed by atoms with Gasteiger partial charge < -0.3 is 5.73 Å². The maximum absolute atomic E-state index is 11.8. The Bertz CT molecular complexity index is 412. The molecule has 1 atom stereocenters. The molecular formula is C9H16N2O2S2. The highest BCUT2D eigenvalue weighted by Gasteiger charge is 2.18. The van der Waals surface area contributed by atoms with Crippen molar-refractivity contribution < 1.29 is 8.42 Å². The summed E-state index contributed by atoms with van der Waals surface area (Å²) < 4.78 is 26.5. The van der Waals surface area contributed by atoms with E-state index in [1.54, 1.807) is 11.4 Å². The Labute approximate surface area is 94.5 Å². The predicted octanol–water partition coefficient (Wildman–Crippen LogP) is 1.28. The number of rotatable bonds is 5. The topological polar surface area (TPSA) is 72.2 Å². The summed E-state index contributed by atoms with van der Waals surface area (Å²) in [5.41, 5.74) is 6.28. The minimum absolute atomic E-state index is 0.0431.